The van der Waals surface area contributed by atoms with Gasteiger partial charge in [0.25, 0.3) is 5.91 Å². The van der Waals surface area contributed by atoms with Crippen molar-refractivity contribution in [2.45, 2.75) is 51.8 Å². The molecule has 2 rings (SSSR count). The Labute approximate surface area is 182 Å². The van der Waals surface area contributed by atoms with Crippen molar-refractivity contribution in [2.24, 2.45) is 0 Å². The molecule has 0 aliphatic rings. The fourth-order valence-corrected chi connectivity index (χ4v) is 3.22. The van der Waals surface area contributed by atoms with E-state index in [1.807, 2.05) is 6.07 Å². The number of hydrogen-bond donors (Lipinski definition) is 2. The molecule has 0 saturated carbocycles. The maximum atomic E-state index is 12.6. The summed E-state index contributed by atoms with van der Waals surface area (Å²) in [5, 5.41) is 6.10. The second kappa shape index (κ2) is 11.4. The zero-order valence-electron chi connectivity index (χ0n) is 17.4. The minimum atomic E-state index is -0.630. The van der Waals surface area contributed by atoms with Crippen LogP contribution in [0.3, 0.4) is 0 Å². The first-order chi connectivity index (χ1) is 14.3. The van der Waals surface area contributed by atoms with Gasteiger partial charge >= 0.3 is 5.97 Å². The number of carbonyl (C=O) groups is 3. The third-order valence-corrected chi connectivity index (χ3v) is 4.60. The third-order valence-electron chi connectivity index (χ3n) is 4.26. The molecule has 2 atom stereocenters. The molecular weight excluding hydrogens is 404 g/mol. The van der Waals surface area contributed by atoms with Crippen LogP contribution < -0.4 is 10.6 Å². The first-order valence-corrected chi connectivity index (χ1v) is 10.2. The summed E-state index contributed by atoms with van der Waals surface area (Å²) in [7, 11) is 0. The third kappa shape index (κ3) is 7.52. The Hall–Kier alpha value is -2.86. The lowest BCUT2D eigenvalue weighted by atomic mass is 10.0. The average Bonchev–Trinajstić information content (AvgIpc) is 2.67. The summed E-state index contributed by atoms with van der Waals surface area (Å²) in [6.45, 7) is 5.27. The van der Waals surface area contributed by atoms with E-state index in [9.17, 15) is 14.4 Å². The molecule has 2 amide bonds. The molecule has 0 aliphatic heterocycles. The molecule has 2 N–H and O–H groups in total. The van der Waals surface area contributed by atoms with Crippen molar-refractivity contribution in [1.82, 2.24) is 10.6 Å². The van der Waals surface area contributed by atoms with E-state index in [-0.39, 0.29) is 30.8 Å². The second-order valence-corrected chi connectivity index (χ2v) is 7.74. The number of carbonyl (C=O) groups excluding carboxylic acids is 3. The Kier molecular flexibility index (Phi) is 8.87. The summed E-state index contributed by atoms with van der Waals surface area (Å²) >= 11 is 6.27. The quantitative estimate of drug-likeness (QED) is 0.588. The molecule has 160 valence electrons. The minimum Gasteiger partial charge on any atom is -0.463 e. The maximum absolute atomic E-state index is 12.6. The maximum Gasteiger partial charge on any atom is 0.308 e. The molecule has 6 nitrogen and oxygen atoms in total. The van der Waals surface area contributed by atoms with Gasteiger partial charge in [0, 0.05) is 23.0 Å². The number of esters is 1. The molecule has 0 aromatic heterocycles. The molecule has 0 spiro atoms. The van der Waals surface area contributed by atoms with Gasteiger partial charge in [0.1, 0.15) is 0 Å². The van der Waals surface area contributed by atoms with Crippen LogP contribution in [0.4, 0.5) is 0 Å². The van der Waals surface area contributed by atoms with E-state index >= 15 is 0 Å². The van der Waals surface area contributed by atoms with Gasteiger partial charge in [-0.15, -0.1) is 0 Å². The number of ether oxygens (including phenoxy) is 1. The minimum absolute atomic E-state index is 0.0432. The van der Waals surface area contributed by atoms with Crippen LogP contribution in [0, 0.1) is 0 Å². The Morgan fingerprint density at radius 2 is 1.53 bits per heavy atom. The van der Waals surface area contributed by atoms with Crippen molar-refractivity contribution in [3.8, 4) is 0 Å². The van der Waals surface area contributed by atoms with Crippen LogP contribution in [-0.2, 0) is 14.3 Å². The fraction of sp³-hybridized carbons (Fsp3) is 0.348. The summed E-state index contributed by atoms with van der Waals surface area (Å²) in [6, 6.07) is 14.8. The van der Waals surface area contributed by atoms with E-state index in [0.717, 1.165) is 0 Å². The highest BCUT2D eigenvalue weighted by molar-refractivity contribution is 6.31. The number of hydrogen-bond acceptors (Lipinski definition) is 4. The molecule has 0 bridgehead atoms. The molecule has 7 heteroatoms. The van der Waals surface area contributed by atoms with Gasteiger partial charge in [-0.05, 0) is 44.5 Å². The molecular formula is C23H27ClN2O4. The molecule has 0 aliphatic carbocycles. The van der Waals surface area contributed by atoms with Crippen molar-refractivity contribution in [3.05, 3.63) is 70.7 Å². The molecule has 0 fully saturated rings. The fourth-order valence-electron chi connectivity index (χ4n) is 2.95. The summed E-state index contributed by atoms with van der Waals surface area (Å²) < 4.78 is 5.22. The van der Waals surface area contributed by atoms with Gasteiger partial charge in [-0.1, -0.05) is 48.0 Å². The van der Waals surface area contributed by atoms with Crippen molar-refractivity contribution >= 4 is 29.4 Å². The molecule has 30 heavy (non-hydrogen) atoms. The lowest BCUT2D eigenvalue weighted by Gasteiger charge is -2.22. The van der Waals surface area contributed by atoms with E-state index in [1.165, 1.54) is 0 Å². The normalized spacial score (nSPS) is 12.7. The summed E-state index contributed by atoms with van der Waals surface area (Å²) in [6.07, 6.45) is -0.245. The zero-order valence-corrected chi connectivity index (χ0v) is 18.1. The molecule has 2 aromatic rings. The Bertz CT molecular complexity index is 871. The zero-order chi connectivity index (χ0) is 22.1. The predicted molar refractivity (Wildman–Crippen MR) is 116 cm³/mol. The number of benzene rings is 2. The Morgan fingerprint density at radius 1 is 0.900 bits per heavy atom. The Morgan fingerprint density at radius 3 is 2.17 bits per heavy atom. The van der Waals surface area contributed by atoms with Crippen molar-refractivity contribution in [2.75, 3.05) is 0 Å². The van der Waals surface area contributed by atoms with Crippen molar-refractivity contribution in [1.29, 1.82) is 0 Å². The van der Waals surface area contributed by atoms with Crippen molar-refractivity contribution < 1.29 is 19.1 Å². The van der Waals surface area contributed by atoms with Gasteiger partial charge in [-0.2, -0.15) is 0 Å². The van der Waals surface area contributed by atoms with Crippen LogP contribution in [0.5, 0.6) is 0 Å². The summed E-state index contributed by atoms with van der Waals surface area (Å²) in [5.74, 6) is -0.988. The highest BCUT2D eigenvalue weighted by Gasteiger charge is 2.23. The van der Waals surface area contributed by atoms with Crippen LogP contribution >= 0.6 is 11.6 Å². The van der Waals surface area contributed by atoms with E-state index < -0.39 is 18.1 Å². The average molecular weight is 431 g/mol. The summed E-state index contributed by atoms with van der Waals surface area (Å²) in [5.41, 5.74) is 1.16. The van der Waals surface area contributed by atoms with E-state index in [4.69, 9.17) is 16.3 Å². The van der Waals surface area contributed by atoms with Crippen molar-refractivity contribution in [3.63, 3.8) is 0 Å². The van der Waals surface area contributed by atoms with Crippen LogP contribution in [0.2, 0.25) is 5.02 Å². The number of nitrogens with one attached hydrogen (secondary N) is 2. The number of halogens is 1. The van der Waals surface area contributed by atoms with Gasteiger partial charge < -0.3 is 15.4 Å². The highest BCUT2D eigenvalue weighted by atomic mass is 35.5. The number of amides is 2. The van der Waals surface area contributed by atoms with Gasteiger partial charge in [0.15, 0.2) is 0 Å². The molecule has 0 unspecified atom stereocenters. The monoisotopic (exact) mass is 430 g/mol. The lowest BCUT2D eigenvalue weighted by Crippen LogP contribution is -2.39. The largest absolute Gasteiger partial charge is 0.463 e. The number of rotatable bonds is 9. The van der Waals surface area contributed by atoms with E-state index in [2.05, 4.69) is 10.6 Å². The topological polar surface area (TPSA) is 84.5 Å². The highest BCUT2D eigenvalue weighted by Crippen LogP contribution is 2.26. The molecule has 0 heterocycles. The lowest BCUT2D eigenvalue weighted by molar-refractivity contribution is -0.148. The molecule has 0 radical (unpaired) electrons. The summed E-state index contributed by atoms with van der Waals surface area (Å²) in [4.78, 5) is 37.0. The predicted octanol–water partition coefficient (Wildman–Crippen LogP) is 4.05. The smallest absolute Gasteiger partial charge is 0.308 e. The van der Waals surface area contributed by atoms with Gasteiger partial charge in [-0.25, -0.2) is 0 Å². The van der Waals surface area contributed by atoms with Gasteiger partial charge in [0.05, 0.1) is 18.6 Å². The molecule has 0 saturated heterocycles. The van der Waals surface area contributed by atoms with Crippen LogP contribution in [0.25, 0.3) is 0 Å². The van der Waals surface area contributed by atoms with Gasteiger partial charge in [0.2, 0.25) is 5.91 Å². The van der Waals surface area contributed by atoms with Crippen LogP contribution in [0.1, 0.15) is 55.6 Å². The van der Waals surface area contributed by atoms with Gasteiger partial charge in [-0.3, -0.25) is 14.4 Å². The first-order valence-electron chi connectivity index (χ1n) is 9.85. The van der Waals surface area contributed by atoms with E-state index in [0.29, 0.717) is 16.1 Å². The Balaban J connectivity index is 2.01. The van der Waals surface area contributed by atoms with E-state index in [1.54, 1.807) is 69.3 Å². The first kappa shape index (κ1) is 23.4. The van der Waals surface area contributed by atoms with Crippen LogP contribution in [-0.4, -0.2) is 29.9 Å². The molecule has 2 aromatic carbocycles. The van der Waals surface area contributed by atoms with Crippen LogP contribution in [0.15, 0.2) is 54.6 Å². The standard InChI is InChI=1S/C23H27ClN2O4/c1-15(2)30-22(28)14-20(18-11-7-8-12-19(18)24)26-21(27)13-16(3)25-23(29)17-9-5-4-6-10-17/h4-12,15-16,20H,13-14H2,1-3H3,(H,25,29)(H,26,27)/t16-,20-/m0/s1. The second-order valence-electron chi connectivity index (χ2n) is 7.33. The SMILES string of the molecule is CC(C)OC(=O)C[C@H](NC(=O)C[C@H](C)NC(=O)c1ccccc1)c1ccccc1Cl.